The highest BCUT2D eigenvalue weighted by atomic mass is 35.5. The Bertz CT molecular complexity index is 571. The monoisotopic (exact) mass is 340 g/mol. The molecule has 1 aliphatic heterocycles. The van der Waals surface area contributed by atoms with Crippen LogP contribution >= 0.6 is 11.6 Å². The van der Waals surface area contributed by atoms with Crippen LogP contribution in [0.25, 0.3) is 0 Å². The second-order valence-electron chi connectivity index (χ2n) is 7.00. The van der Waals surface area contributed by atoms with Gasteiger partial charge in [-0.25, -0.2) is 4.79 Å². The Balaban J connectivity index is 2.00. The smallest absolute Gasteiger partial charge is 0.410 e. The molecule has 1 fully saturated rings. The van der Waals surface area contributed by atoms with Gasteiger partial charge in [0.2, 0.25) is 0 Å². The maximum atomic E-state index is 12.3. The summed E-state index contributed by atoms with van der Waals surface area (Å²) in [7, 11) is 0. The fourth-order valence-electron chi connectivity index (χ4n) is 2.62. The van der Waals surface area contributed by atoms with Crippen LogP contribution in [0.3, 0.4) is 0 Å². The maximum absolute atomic E-state index is 12.3. The van der Waals surface area contributed by atoms with Crippen LogP contribution in [0.4, 0.5) is 4.79 Å². The van der Waals surface area contributed by atoms with Gasteiger partial charge in [0.15, 0.2) is 0 Å². The van der Waals surface area contributed by atoms with E-state index in [1.807, 2.05) is 39.8 Å². The molecule has 0 aromatic heterocycles. The van der Waals surface area contributed by atoms with Gasteiger partial charge in [-0.2, -0.15) is 0 Å². The van der Waals surface area contributed by atoms with Crippen molar-refractivity contribution >= 4 is 17.7 Å². The summed E-state index contributed by atoms with van der Waals surface area (Å²) in [6, 6.07) is 5.33. The molecule has 0 aliphatic carbocycles. The van der Waals surface area contributed by atoms with E-state index in [9.17, 15) is 4.79 Å². The molecule has 23 heavy (non-hydrogen) atoms. The summed E-state index contributed by atoms with van der Waals surface area (Å²) in [6.45, 7) is 8.36. The number of hydrogen-bond acceptors (Lipinski definition) is 4. The molecule has 2 N–H and O–H groups in total. The van der Waals surface area contributed by atoms with Gasteiger partial charge in [-0.15, -0.1) is 0 Å². The molecule has 0 saturated carbocycles. The van der Waals surface area contributed by atoms with E-state index in [-0.39, 0.29) is 18.2 Å². The lowest BCUT2D eigenvalue weighted by Gasteiger charge is -2.28. The number of ether oxygens (including phenoxy) is 2. The zero-order chi connectivity index (χ0) is 17.2. The number of aryl methyl sites for hydroxylation is 1. The zero-order valence-corrected chi connectivity index (χ0v) is 14.9. The van der Waals surface area contributed by atoms with Crippen molar-refractivity contribution in [3.05, 3.63) is 28.8 Å². The molecule has 1 aromatic rings. The standard InChI is InChI=1S/C17H25ClN2O3/c1-11-7-12(18)5-6-15(11)22-10-14-8-13(19)9-20(14)16(21)23-17(2,3)4/h5-7,13-14H,8-10,19H2,1-4H3/t13-,14-/m0/s1. The van der Waals surface area contributed by atoms with Crippen molar-refractivity contribution in [3.63, 3.8) is 0 Å². The summed E-state index contributed by atoms with van der Waals surface area (Å²) < 4.78 is 11.3. The lowest BCUT2D eigenvalue weighted by Crippen LogP contribution is -2.42. The number of nitrogens with two attached hydrogens (primary N) is 1. The predicted molar refractivity (Wildman–Crippen MR) is 91.0 cm³/mol. The van der Waals surface area contributed by atoms with E-state index in [2.05, 4.69) is 0 Å². The molecular weight excluding hydrogens is 316 g/mol. The SMILES string of the molecule is Cc1cc(Cl)ccc1OC[C@@H]1C[C@H](N)CN1C(=O)OC(C)(C)C. The van der Waals surface area contributed by atoms with Crippen LogP contribution in [0.1, 0.15) is 32.8 Å². The van der Waals surface area contributed by atoms with E-state index in [1.54, 1.807) is 11.0 Å². The van der Waals surface area contributed by atoms with Gasteiger partial charge in [0.1, 0.15) is 18.0 Å². The molecule has 6 heteroatoms. The van der Waals surface area contributed by atoms with Gasteiger partial charge < -0.3 is 20.1 Å². The van der Waals surface area contributed by atoms with E-state index < -0.39 is 5.60 Å². The van der Waals surface area contributed by atoms with E-state index >= 15 is 0 Å². The lowest BCUT2D eigenvalue weighted by molar-refractivity contribution is 0.0186. The van der Waals surface area contributed by atoms with Gasteiger partial charge in [0.05, 0.1) is 6.04 Å². The molecule has 0 bridgehead atoms. The van der Waals surface area contributed by atoms with Gasteiger partial charge in [-0.3, -0.25) is 0 Å². The van der Waals surface area contributed by atoms with Crippen LogP contribution in [-0.4, -0.2) is 41.8 Å². The van der Waals surface area contributed by atoms with Gasteiger partial charge in [-0.1, -0.05) is 11.6 Å². The molecule has 1 aliphatic rings. The molecule has 1 heterocycles. The van der Waals surface area contributed by atoms with Crippen LogP contribution in [0.2, 0.25) is 5.02 Å². The Labute approximate surface area is 142 Å². The summed E-state index contributed by atoms with van der Waals surface area (Å²) in [5.74, 6) is 0.763. The average molecular weight is 341 g/mol. The highest BCUT2D eigenvalue weighted by Gasteiger charge is 2.36. The first kappa shape index (κ1) is 17.9. The number of rotatable bonds is 3. The van der Waals surface area contributed by atoms with Crippen molar-refractivity contribution in [2.75, 3.05) is 13.2 Å². The minimum atomic E-state index is -0.526. The van der Waals surface area contributed by atoms with Crippen molar-refractivity contribution in [3.8, 4) is 5.75 Å². The Morgan fingerprint density at radius 3 is 2.74 bits per heavy atom. The summed E-state index contributed by atoms with van der Waals surface area (Å²) >= 11 is 5.95. The quantitative estimate of drug-likeness (QED) is 0.916. The number of carbonyl (C=O) groups excluding carboxylic acids is 1. The third kappa shape index (κ3) is 5.01. The first-order valence-corrected chi connectivity index (χ1v) is 8.17. The molecule has 1 aromatic carbocycles. The van der Waals surface area contributed by atoms with Gasteiger partial charge >= 0.3 is 6.09 Å². The number of nitrogens with zero attached hydrogens (tertiary/aromatic N) is 1. The normalized spacial score (nSPS) is 21.4. The molecule has 2 rings (SSSR count). The topological polar surface area (TPSA) is 64.8 Å². The average Bonchev–Trinajstić information content (AvgIpc) is 2.77. The molecule has 0 spiro atoms. The Morgan fingerprint density at radius 2 is 2.13 bits per heavy atom. The number of likely N-dealkylation sites (tertiary alicyclic amines) is 1. The van der Waals surface area contributed by atoms with Crippen molar-refractivity contribution in [2.45, 2.75) is 51.8 Å². The van der Waals surface area contributed by atoms with Crippen molar-refractivity contribution in [1.29, 1.82) is 0 Å². The first-order chi connectivity index (χ1) is 10.7. The number of benzene rings is 1. The van der Waals surface area contributed by atoms with E-state index in [0.717, 1.165) is 11.3 Å². The summed E-state index contributed by atoms with van der Waals surface area (Å²) in [6.07, 6.45) is 0.359. The van der Waals surface area contributed by atoms with E-state index in [4.69, 9.17) is 26.8 Å². The molecule has 0 unspecified atom stereocenters. The summed E-state index contributed by atoms with van der Waals surface area (Å²) in [5.41, 5.74) is 6.45. The number of halogens is 1. The van der Waals surface area contributed by atoms with E-state index in [0.29, 0.717) is 24.6 Å². The Hall–Kier alpha value is -1.46. The molecule has 128 valence electrons. The Kier molecular flexibility index (Phi) is 5.42. The van der Waals surface area contributed by atoms with Gasteiger partial charge in [0, 0.05) is 17.6 Å². The van der Waals surface area contributed by atoms with Gasteiger partial charge in [-0.05, 0) is 57.9 Å². The highest BCUT2D eigenvalue weighted by Crippen LogP contribution is 2.25. The number of hydrogen-bond donors (Lipinski definition) is 1. The minimum absolute atomic E-state index is 0.0533. The van der Waals surface area contributed by atoms with Crippen molar-refractivity contribution < 1.29 is 14.3 Å². The molecule has 0 radical (unpaired) electrons. The number of carbonyl (C=O) groups is 1. The molecule has 2 atom stereocenters. The molecule has 5 nitrogen and oxygen atoms in total. The molecule has 1 amide bonds. The van der Waals surface area contributed by atoms with Gasteiger partial charge in [0.25, 0.3) is 0 Å². The predicted octanol–water partition coefficient (Wildman–Crippen LogP) is 3.36. The fraction of sp³-hybridized carbons (Fsp3) is 0.588. The summed E-state index contributed by atoms with van der Waals surface area (Å²) in [4.78, 5) is 14.0. The Morgan fingerprint density at radius 1 is 1.43 bits per heavy atom. The zero-order valence-electron chi connectivity index (χ0n) is 14.1. The van der Waals surface area contributed by atoms with Crippen LogP contribution in [0, 0.1) is 6.92 Å². The van der Waals surface area contributed by atoms with Crippen molar-refractivity contribution in [2.24, 2.45) is 5.73 Å². The second kappa shape index (κ2) is 6.97. The fourth-order valence-corrected chi connectivity index (χ4v) is 2.84. The highest BCUT2D eigenvalue weighted by molar-refractivity contribution is 6.30. The largest absolute Gasteiger partial charge is 0.491 e. The second-order valence-corrected chi connectivity index (χ2v) is 7.44. The molecular formula is C17H25ClN2O3. The third-order valence-electron chi connectivity index (χ3n) is 3.64. The van der Waals surface area contributed by atoms with Crippen molar-refractivity contribution in [1.82, 2.24) is 4.90 Å². The lowest BCUT2D eigenvalue weighted by atomic mass is 10.2. The van der Waals surface area contributed by atoms with Crippen LogP contribution in [-0.2, 0) is 4.74 Å². The molecule has 1 saturated heterocycles. The summed E-state index contributed by atoms with van der Waals surface area (Å²) in [5, 5.41) is 0.674. The van der Waals surface area contributed by atoms with Crippen LogP contribution in [0.5, 0.6) is 5.75 Å². The minimum Gasteiger partial charge on any atom is -0.491 e. The maximum Gasteiger partial charge on any atom is 0.410 e. The third-order valence-corrected chi connectivity index (χ3v) is 3.88. The van der Waals surface area contributed by atoms with Crippen LogP contribution < -0.4 is 10.5 Å². The van der Waals surface area contributed by atoms with E-state index in [1.165, 1.54) is 0 Å². The van der Waals surface area contributed by atoms with Crippen LogP contribution in [0.15, 0.2) is 18.2 Å². The number of amides is 1. The first-order valence-electron chi connectivity index (χ1n) is 7.80.